The van der Waals surface area contributed by atoms with Gasteiger partial charge in [-0.1, -0.05) is 54.6 Å². The molecule has 0 aromatic heterocycles. The van der Waals surface area contributed by atoms with Crippen molar-refractivity contribution in [1.29, 1.82) is 0 Å². The second-order valence-corrected chi connectivity index (χ2v) is 10.1. The van der Waals surface area contributed by atoms with Gasteiger partial charge in [0.05, 0.1) is 5.75 Å². The summed E-state index contributed by atoms with van der Waals surface area (Å²) < 4.78 is 14.4. The molecule has 0 aliphatic carbocycles. The van der Waals surface area contributed by atoms with Gasteiger partial charge in [-0.2, -0.15) is 0 Å². The molecule has 202 valence electrons. The Kier molecular flexibility index (Phi) is 9.48. The van der Waals surface area contributed by atoms with Gasteiger partial charge >= 0.3 is 0 Å². The molecule has 0 radical (unpaired) electrons. The van der Waals surface area contributed by atoms with Crippen LogP contribution in [0.1, 0.15) is 27.0 Å². The van der Waals surface area contributed by atoms with Crippen molar-refractivity contribution in [2.24, 2.45) is 0 Å². The van der Waals surface area contributed by atoms with Gasteiger partial charge in [0.1, 0.15) is 11.5 Å². The van der Waals surface area contributed by atoms with Crippen LogP contribution in [0.5, 0.6) is 0 Å². The molecule has 0 saturated heterocycles. The summed E-state index contributed by atoms with van der Waals surface area (Å²) in [6.45, 7) is 3.90. The molecule has 0 atom stereocenters. The quantitative estimate of drug-likeness (QED) is 0.161. The molecule has 0 unspecified atom stereocenters. The van der Waals surface area contributed by atoms with Crippen molar-refractivity contribution in [3.05, 3.63) is 131 Å². The molecule has 4 aromatic rings. The lowest BCUT2D eigenvalue weighted by Gasteiger charge is -2.13. The van der Waals surface area contributed by atoms with Gasteiger partial charge in [-0.3, -0.25) is 14.4 Å². The monoisotopic (exact) mass is 553 g/mol. The van der Waals surface area contributed by atoms with E-state index >= 15 is 0 Å². The van der Waals surface area contributed by atoms with Crippen molar-refractivity contribution in [3.8, 4) is 0 Å². The predicted molar refractivity (Wildman–Crippen MR) is 159 cm³/mol. The van der Waals surface area contributed by atoms with Crippen molar-refractivity contribution in [2.45, 2.75) is 18.7 Å². The first kappa shape index (κ1) is 28.3. The van der Waals surface area contributed by atoms with Crippen molar-refractivity contribution < 1.29 is 18.8 Å². The molecule has 8 heteroatoms. The van der Waals surface area contributed by atoms with Gasteiger partial charge in [0, 0.05) is 27.4 Å². The molecule has 0 fully saturated rings. The normalized spacial score (nSPS) is 11.0. The van der Waals surface area contributed by atoms with Gasteiger partial charge < -0.3 is 16.0 Å². The zero-order valence-electron chi connectivity index (χ0n) is 22.0. The van der Waals surface area contributed by atoms with Gasteiger partial charge in [0.2, 0.25) is 5.91 Å². The van der Waals surface area contributed by atoms with Crippen molar-refractivity contribution >= 4 is 46.9 Å². The van der Waals surface area contributed by atoms with E-state index in [-0.39, 0.29) is 22.9 Å². The molecule has 0 heterocycles. The van der Waals surface area contributed by atoms with Crippen LogP contribution < -0.4 is 16.0 Å². The van der Waals surface area contributed by atoms with Crippen LogP contribution in [0.25, 0.3) is 6.08 Å². The number of thioether (sulfide) groups is 1. The number of anilines is 2. The molecular formula is C32H28FN3O3S. The van der Waals surface area contributed by atoms with Gasteiger partial charge in [-0.05, 0) is 73.5 Å². The van der Waals surface area contributed by atoms with Crippen LogP contribution >= 0.6 is 11.8 Å². The van der Waals surface area contributed by atoms with Crippen LogP contribution in [-0.2, 0) is 9.59 Å². The topological polar surface area (TPSA) is 87.3 Å². The summed E-state index contributed by atoms with van der Waals surface area (Å²) in [5.74, 6) is -1.62. The highest BCUT2D eigenvalue weighted by Crippen LogP contribution is 2.23. The minimum Gasteiger partial charge on any atom is -0.325 e. The van der Waals surface area contributed by atoms with Crippen LogP contribution in [0, 0.1) is 19.7 Å². The Labute approximate surface area is 236 Å². The van der Waals surface area contributed by atoms with Gasteiger partial charge in [0.15, 0.2) is 0 Å². The third-order valence-electron chi connectivity index (χ3n) is 5.86. The third-order valence-corrected chi connectivity index (χ3v) is 6.86. The number of hydrogen-bond donors (Lipinski definition) is 3. The highest BCUT2D eigenvalue weighted by atomic mass is 32.2. The van der Waals surface area contributed by atoms with Crippen molar-refractivity contribution in [1.82, 2.24) is 5.32 Å². The average molecular weight is 554 g/mol. The lowest BCUT2D eigenvalue weighted by molar-refractivity contribution is -0.114. The van der Waals surface area contributed by atoms with E-state index in [1.807, 2.05) is 38.1 Å². The van der Waals surface area contributed by atoms with E-state index in [1.165, 1.54) is 30.0 Å². The van der Waals surface area contributed by atoms with E-state index in [0.29, 0.717) is 11.3 Å². The standard InChI is InChI=1S/C32H28FN3O3S/c1-21-15-16-22(2)28(17-21)35-30(37)20-40-26-13-8-12-25(19-26)34-32(39)29(18-24-11-6-7-14-27(24)33)36-31(38)23-9-4-3-5-10-23/h3-19H,20H2,1-2H3,(H,34,39)(H,35,37)(H,36,38)/b29-18-. The second kappa shape index (κ2) is 13.4. The molecule has 0 aliphatic rings. The van der Waals surface area contributed by atoms with E-state index in [4.69, 9.17) is 0 Å². The summed E-state index contributed by atoms with van der Waals surface area (Å²) in [5, 5.41) is 8.30. The second-order valence-electron chi connectivity index (χ2n) is 9.04. The fourth-order valence-corrected chi connectivity index (χ4v) is 4.51. The molecule has 3 N–H and O–H groups in total. The Hall–Kier alpha value is -4.69. The highest BCUT2D eigenvalue weighted by Gasteiger charge is 2.16. The van der Waals surface area contributed by atoms with Crippen LogP contribution in [0.15, 0.2) is 108 Å². The first-order chi connectivity index (χ1) is 19.3. The molecule has 4 rings (SSSR count). The maximum absolute atomic E-state index is 14.4. The van der Waals surface area contributed by atoms with Crippen molar-refractivity contribution in [2.75, 3.05) is 16.4 Å². The Morgan fingerprint density at radius 3 is 2.35 bits per heavy atom. The van der Waals surface area contributed by atoms with E-state index in [9.17, 15) is 18.8 Å². The summed E-state index contributed by atoms with van der Waals surface area (Å²) in [6.07, 6.45) is 1.29. The summed E-state index contributed by atoms with van der Waals surface area (Å²) in [4.78, 5) is 39.3. The number of hydrogen-bond acceptors (Lipinski definition) is 4. The molecule has 0 bridgehead atoms. The minimum atomic E-state index is -0.623. The van der Waals surface area contributed by atoms with Crippen LogP contribution in [-0.4, -0.2) is 23.5 Å². The number of carbonyl (C=O) groups excluding carboxylic acids is 3. The Bertz CT molecular complexity index is 1570. The molecule has 6 nitrogen and oxygen atoms in total. The summed E-state index contributed by atoms with van der Waals surface area (Å²) in [7, 11) is 0. The molecule has 4 aromatic carbocycles. The number of carbonyl (C=O) groups is 3. The zero-order valence-corrected chi connectivity index (χ0v) is 22.8. The minimum absolute atomic E-state index is 0.120. The van der Waals surface area contributed by atoms with Crippen molar-refractivity contribution in [3.63, 3.8) is 0 Å². The predicted octanol–water partition coefficient (Wildman–Crippen LogP) is 6.58. The lowest BCUT2D eigenvalue weighted by atomic mass is 10.1. The summed E-state index contributed by atoms with van der Waals surface area (Å²) in [6, 6.07) is 27.3. The van der Waals surface area contributed by atoms with Gasteiger partial charge in [-0.25, -0.2) is 4.39 Å². The van der Waals surface area contributed by atoms with E-state index in [0.717, 1.165) is 21.7 Å². The molecular weight excluding hydrogens is 525 g/mol. The average Bonchev–Trinajstić information content (AvgIpc) is 2.95. The maximum Gasteiger partial charge on any atom is 0.272 e. The number of aryl methyl sites for hydroxylation is 2. The van der Waals surface area contributed by atoms with E-state index < -0.39 is 17.6 Å². The number of halogens is 1. The lowest BCUT2D eigenvalue weighted by Crippen LogP contribution is -2.30. The molecule has 0 aliphatic heterocycles. The largest absolute Gasteiger partial charge is 0.325 e. The number of amides is 3. The number of nitrogens with one attached hydrogen (secondary N) is 3. The highest BCUT2D eigenvalue weighted by molar-refractivity contribution is 8.00. The Balaban J connectivity index is 1.46. The molecule has 0 saturated carbocycles. The smallest absolute Gasteiger partial charge is 0.272 e. The fourth-order valence-electron chi connectivity index (χ4n) is 3.76. The zero-order chi connectivity index (χ0) is 28.5. The van der Waals surface area contributed by atoms with Crippen LogP contribution in [0.2, 0.25) is 0 Å². The maximum atomic E-state index is 14.4. The Morgan fingerprint density at radius 1 is 0.825 bits per heavy atom. The molecule has 3 amide bonds. The first-order valence-electron chi connectivity index (χ1n) is 12.5. The van der Waals surface area contributed by atoms with Gasteiger partial charge in [-0.15, -0.1) is 11.8 Å². The molecule has 40 heavy (non-hydrogen) atoms. The van der Waals surface area contributed by atoms with Gasteiger partial charge in [0.25, 0.3) is 11.8 Å². The number of rotatable bonds is 9. The SMILES string of the molecule is Cc1ccc(C)c(NC(=O)CSc2cccc(NC(=O)/C(=C/c3ccccc3F)NC(=O)c3ccccc3)c2)c1. The fraction of sp³-hybridized carbons (Fsp3) is 0.0938. The number of benzene rings is 4. The first-order valence-corrected chi connectivity index (χ1v) is 13.5. The Morgan fingerprint density at radius 2 is 1.57 bits per heavy atom. The third kappa shape index (κ3) is 7.91. The van der Waals surface area contributed by atoms with Crippen LogP contribution in [0.3, 0.4) is 0 Å². The summed E-state index contributed by atoms with van der Waals surface area (Å²) in [5.41, 5.74) is 3.65. The summed E-state index contributed by atoms with van der Waals surface area (Å²) >= 11 is 1.32. The van der Waals surface area contributed by atoms with E-state index in [1.54, 1.807) is 60.7 Å². The molecule has 0 spiro atoms. The van der Waals surface area contributed by atoms with Crippen LogP contribution in [0.4, 0.5) is 15.8 Å². The van der Waals surface area contributed by atoms with E-state index in [2.05, 4.69) is 16.0 Å².